The van der Waals surface area contributed by atoms with Crippen molar-refractivity contribution in [3.8, 4) is 0 Å². The van der Waals surface area contributed by atoms with Crippen molar-refractivity contribution >= 4 is 6.09 Å². The van der Waals surface area contributed by atoms with E-state index in [1.54, 1.807) is 0 Å². The third-order valence-electron chi connectivity index (χ3n) is 1.95. The SMILES string of the molecule is N=[N+]=NC1CCC(NC(=O)O)C1. The van der Waals surface area contributed by atoms with Crippen LogP contribution in [0.1, 0.15) is 19.3 Å². The van der Waals surface area contributed by atoms with Crippen LogP contribution in [0.5, 0.6) is 0 Å². The Bertz CT molecular complexity index is 224. The Morgan fingerprint density at radius 1 is 1.67 bits per heavy atom. The maximum Gasteiger partial charge on any atom is 0.404 e. The Kier molecular flexibility index (Phi) is 2.76. The van der Waals surface area contributed by atoms with Crippen LogP contribution in [0.2, 0.25) is 0 Å². The molecule has 1 aliphatic rings. The van der Waals surface area contributed by atoms with E-state index in [0.29, 0.717) is 6.42 Å². The van der Waals surface area contributed by atoms with Crippen LogP contribution in [0.25, 0.3) is 0 Å². The number of nitrogens with zero attached hydrogens (tertiary/aromatic N) is 2. The molecule has 0 spiro atoms. The van der Waals surface area contributed by atoms with Crippen molar-refractivity contribution in [3.05, 3.63) is 0 Å². The Hall–Kier alpha value is -1.42. The standard InChI is InChI=1S/C6H10N4O2/c7-10-9-5-2-1-4(3-5)8-6(11)12/h4-5,7-8H,1-3H2/p+1. The van der Waals surface area contributed by atoms with Crippen molar-refractivity contribution in [1.29, 1.82) is 5.53 Å². The summed E-state index contributed by atoms with van der Waals surface area (Å²) >= 11 is 0. The lowest BCUT2D eigenvalue weighted by molar-refractivity contribution is 0.190. The second-order valence-electron chi connectivity index (χ2n) is 2.83. The second-order valence-corrected chi connectivity index (χ2v) is 2.83. The molecule has 0 aromatic carbocycles. The molecular weight excluding hydrogens is 160 g/mol. The summed E-state index contributed by atoms with van der Waals surface area (Å²) in [6, 6.07) is 0.0114. The molecule has 12 heavy (non-hydrogen) atoms. The quantitative estimate of drug-likeness (QED) is 0.421. The summed E-state index contributed by atoms with van der Waals surface area (Å²) in [5, 5.41) is 14.4. The van der Waals surface area contributed by atoms with Crippen LogP contribution in [0.15, 0.2) is 5.11 Å². The molecule has 3 N–H and O–H groups in total. The van der Waals surface area contributed by atoms with Gasteiger partial charge in [0.2, 0.25) is 4.91 Å². The molecule has 0 heterocycles. The molecule has 1 rings (SSSR count). The van der Waals surface area contributed by atoms with Gasteiger partial charge in [-0.1, -0.05) is 0 Å². The van der Waals surface area contributed by atoms with Crippen molar-refractivity contribution in [2.24, 2.45) is 5.11 Å². The fourth-order valence-electron chi connectivity index (χ4n) is 1.45. The molecule has 0 radical (unpaired) electrons. The molecule has 0 saturated heterocycles. The largest absolute Gasteiger partial charge is 0.465 e. The molecule has 1 aliphatic carbocycles. The summed E-state index contributed by atoms with van der Waals surface area (Å²) in [5.74, 6) is 0. The van der Waals surface area contributed by atoms with Gasteiger partial charge < -0.3 is 10.4 Å². The highest BCUT2D eigenvalue weighted by Crippen LogP contribution is 2.21. The van der Waals surface area contributed by atoms with E-state index in [1.165, 1.54) is 0 Å². The maximum atomic E-state index is 10.2. The van der Waals surface area contributed by atoms with Gasteiger partial charge in [0, 0.05) is 6.04 Å². The molecule has 2 atom stereocenters. The summed E-state index contributed by atoms with van der Waals surface area (Å²) in [6.45, 7) is 0. The van der Waals surface area contributed by atoms with E-state index in [-0.39, 0.29) is 12.1 Å². The first-order chi connectivity index (χ1) is 5.72. The molecule has 1 saturated carbocycles. The van der Waals surface area contributed by atoms with Gasteiger partial charge in [-0.2, -0.15) is 0 Å². The zero-order valence-electron chi connectivity index (χ0n) is 6.53. The molecule has 1 amide bonds. The van der Waals surface area contributed by atoms with Gasteiger partial charge in [0.25, 0.3) is 0 Å². The maximum absolute atomic E-state index is 10.2. The van der Waals surface area contributed by atoms with E-state index in [0.717, 1.165) is 12.8 Å². The average Bonchev–Trinajstić information content (AvgIpc) is 2.36. The van der Waals surface area contributed by atoms with Crippen LogP contribution in [0.4, 0.5) is 4.79 Å². The minimum absolute atomic E-state index is 0.0157. The van der Waals surface area contributed by atoms with E-state index < -0.39 is 6.09 Å². The van der Waals surface area contributed by atoms with Crippen LogP contribution in [-0.2, 0) is 0 Å². The molecule has 0 aliphatic heterocycles. The number of hydrogen-bond donors (Lipinski definition) is 3. The third-order valence-corrected chi connectivity index (χ3v) is 1.95. The van der Waals surface area contributed by atoms with Gasteiger partial charge in [0.15, 0.2) is 0 Å². The molecule has 0 bridgehead atoms. The number of amides is 1. The zero-order chi connectivity index (χ0) is 8.97. The van der Waals surface area contributed by atoms with Gasteiger partial charge in [-0.05, 0) is 19.3 Å². The number of rotatable bonds is 2. The molecule has 0 aromatic heterocycles. The molecule has 6 nitrogen and oxygen atoms in total. The zero-order valence-corrected chi connectivity index (χ0v) is 6.53. The summed E-state index contributed by atoms with van der Waals surface area (Å²) in [7, 11) is 0. The third kappa shape index (κ3) is 2.32. The summed E-state index contributed by atoms with van der Waals surface area (Å²) in [6.07, 6.45) is 1.27. The van der Waals surface area contributed by atoms with Crippen LogP contribution in [0, 0.1) is 5.53 Å². The summed E-state index contributed by atoms with van der Waals surface area (Å²) in [4.78, 5) is 13.1. The van der Waals surface area contributed by atoms with Crippen molar-refractivity contribution in [3.63, 3.8) is 0 Å². The van der Waals surface area contributed by atoms with Crippen molar-refractivity contribution in [2.45, 2.75) is 31.3 Å². The molecule has 6 heteroatoms. The van der Waals surface area contributed by atoms with Crippen LogP contribution < -0.4 is 10.2 Å². The number of carbonyl (C=O) groups is 1. The number of carboxylic acid groups (broad SMARTS) is 1. The lowest BCUT2D eigenvalue weighted by Crippen LogP contribution is -2.31. The molecule has 0 aromatic rings. The topological polar surface area (TPSA) is 99.6 Å². The first-order valence-corrected chi connectivity index (χ1v) is 3.78. The highest BCUT2D eigenvalue weighted by atomic mass is 16.4. The van der Waals surface area contributed by atoms with E-state index in [2.05, 4.69) is 15.3 Å². The monoisotopic (exact) mass is 171 g/mol. The number of nitrogens with one attached hydrogen (secondary N) is 2. The van der Waals surface area contributed by atoms with Crippen molar-refractivity contribution < 1.29 is 9.90 Å². The fraction of sp³-hybridized carbons (Fsp3) is 0.833. The van der Waals surface area contributed by atoms with Crippen LogP contribution >= 0.6 is 0 Å². The summed E-state index contributed by atoms with van der Waals surface area (Å²) < 4.78 is 0. The Balaban J connectivity index is 2.35. The smallest absolute Gasteiger partial charge is 0.404 e. The lowest BCUT2D eigenvalue weighted by Gasteiger charge is -2.06. The van der Waals surface area contributed by atoms with Crippen molar-refractivity contribution in [2.75, 3.05) is 0 Å². The first-order valence-electron chi connectivity index (χ1n) is 3.78. The van der Waals surface area contributed by atoms with Gasteiger partial charge in [-0.3, -0.25) is 0 Å². The van der Waals surface area contributed by atoms with Gasteiger partial charge in [-0.25, -0.2) is 4.79 Å². The normalized spacial score (nSPS) is 27.7. The van der Waals surface area contributed by atoms with E-state index >= 15 is 0 Å². The molecule has 66 valence electrons. The van der Waals surface area contributed by atoms with Crippen molar-refractivity contribution in [1.82, 2.24) is 10.2 Å². The molecule has 1 fully saturated rings. The predicted octanol–water partition coefficient (Wildman–Crippen LogP) is 0.725. The average molecular weight is 171 g/mol. The number of hydrogen-bond acceptors (Lipinski definition) is 3. The van der Waals surface area contributed by atoms with Crippen LogP contribution in [0.3, 0.4) is 0 Å². The van der Waals surface area contributed by atoms with E-state index in [1.807, 2.05) is 0 Å². The second kappa shape index (κ2) is 3.82. The lowest BCUT2D eigenvalue weighted by atomic mass is 10.2. The minimum atomic E-state index is -0.997. The Labute approximate surface area is 69.2 Å². The van der Waals surface area contributed by atoms with Gasteiger partial charge in [0.05, 0.1) is 0 Å². The summed E-state index contributed by atoms with van der Waals surface area (Å²) in [5.41, 5.74) is 6.50. The van der Waals surface area contributed by atoms with E-state index in [9.17, 15) is 4.79 Å². The Morgan fingerprint density at radius 2 is 2.42 bits per heavy atom. The van der Waals surface area contributed by atoms with Gasteiger partial charge in [-0.15, -0.1) is 0 Å². The van der Waals surface area contributed by atoms with Gasteiger partial charge >= 0.3 is 6.09 Å². The molecular formula is C6H11N4O2+. The predicted molar refractivity (Wildman–Crippen MR) is 39.9 cm³/mol. The van der Waals surface area contributed by atoms with E-state index in [4.69, 9.17) is 10.6 Å². The fourth-order valence-corrected chi connectivity index (χ4v) is 1.45. The Morgan fingerprint density at radius 3 is 3.00 bits per heavy atom. The van der Waals surface area contributed by atoms with Gasteiger partial charge in [0.1, 0.15) is 16.7 Å². The highest BCUT2D eigenvalue weighted by Gasteiger charge is 2.28. The molecule has 2 unspecified atom stereocenters. The van der Waals surface area contributed by atoms with Crippen LogP contribution in [-0.4, -0.2) is 23.3 Å². The minimum Gasteiger partial charge on any atom is -0.465 e. The highest BCUT2D eigenvalue weighted by molar-refractivity contribution is 5.64. The first kappa shape index (κ1) is 8.67.